The van der Waals surface area contributed by atoms with E-state index in [1.54, 1.807) is 12.1 Å². The van der Waals surface area contributed by atoms with Crippen molar-refractivity contribution >= 4 is 19.3 Å². The van der Waals surface area contributed by atoms with E-state index in [1.165, 1.54) is 12.1 Å². The molecule has 2 nitrogen and oxygen atoms in total. The van der Waals surface area contributed by atoms with Crippen LogP contribution in [0, 0.1) is 5.82 Å². The van der Waals surface area contributed by atoms with Gasteiger partial charge in [0.05, 0.1) is 5.02 Å². The molecule has 0 fully saturated rings. The molecule has 0 aliphatic heterocycles. The van der Waals surface area contributed by atoms with Gasteiger partial charge < -0.3 is 10.0 Å². The Balaban J connectivity index is 0.000000292. The zero-order chi connectivity index (χ0) is 8.69. The molecule has 0 unspecified atom stereocenters. The second kappa shape index (κ2) is 6.16. The van der Waals surface area contributed by atoms with E-state index in [2.05, 4.69) is 0 Å². The van der Waals surface area contributed by atoms with Crippen LogP contribution < -0.4 is 0 Å². The van der Waals surface area contributed by atoms with Crippen molar-refractivity contribution in [3.05, 3.63) is 35.1 Å². The first kappa shape index (κ1) is 10.4. The molecular formula is C6H6BClFO2. The van der Waals surface area contributed by atoms with E-state index in [0.29, 0.717) is 0 Å². The van der Waals surface area contributed by atoms with Crippen LogP contribution in [0.4, 0.5) is 4.39 Å². The van der Waals surface area contributed by atoms with Crippen molar-refractivity contribution in [3.63, 3.8) is 0 Å². The lowest BCUT2D eigenvalue weighted by atomic mass is 10.4. The summed E-state index contributed by atoms with van der Waals surface area (Å²) in [6, 6.07) is 6.12. The highest BCUT2D eigenvalue weighted by Gasteiger charge is 1.91. The van der Waals surface area contributed by atoms with Crippen LogP contribution >= 0.6 is 11.6 Å². The fraction of sp³-hybridized carbons (Fsp3) is 0. The Hall–Kier alpha value is -0.575. The molecule has 0 aliphatic carbocycles. The maximum atomic E-state index is 12.2. The van der Waals surface area contributed by atoms with E-state index in [9.17, 15) is 4.39 Å². The van der Waals surface area contributed by atoms with E-state index in [0.717, 1.165) is 0 Å². The molecule has 5 heteroatoms. The summed E-state index contributed by atoms with van der Waals surface area (Å²) in [6.45, 7) is 0. The average molecular weight is 175 g/mol. The Morgan fingerprint density at radius 1 is 1.27 bits per heavy atom. The van der Waals surface area contributed by atoms with Gasteiger partial charge in [0.15, 0.2) is 0 Å². The van der Waals surface area contributed by atoms with Gasteiger partial charge in [-0.15, -0.1) is 0 Å². The molecule has 0 saturated carbocycles. The van der Waals surface area contributed by atoms with Crippen molar-refractivity contribution < 1.29 is 14.4 Å². The Bertz CT molecular complexity index is 189. The zero-order valence-electron chi connectivity index (χ0n) is 5.54. The molecule has 0 atom stereocenters. The molecule has 0 spiro atoms. The van der Waals surface area contributed by atoms with Crippen LogP contribution in [0.2, 0.25) is 5.02 Å². The van der Waals surface area contributed by atoms with Gasteiger partial charge in [-0.3, -0.25) is 0 Å². The second-order valence-corrected chi connectivity index (χ2v) is 1.94. The van der Waals surface area contributed by atoms with Gasteiger partial charge in [-0.25, -0.2) is 4.39 Å². The number of halogens is 2. The molecule has 0 aromatic heterocycles. The first-order valence-electron chi connectivity index (χ1n) is 2.72. The third kappa shape index (κ3) is 4.78. The Kier molecular flexibility index (Phi) is 5.83. The first-order chi connectivity index (χ1) is 5.22. The van der Waals surface area contributed by atoms with Gasteiger partial charge >= 0.3 is 7.69 Å². The smallest absolute Gasteiger partial charge is 0.429 e. The summed E-state index contributed by atoms with van der Waals surface area (Å²) in [4.78, 5) is 0. The summed E-state index contributed by atoms with van der Waals surface area (Å²) in [5.41, 5.74) is 0. The van der Waals surface area contributed by atoms with Gasteiger partial charge in [-0.05, 0) is 12.1 Å². The van der Waals surface area contributed by atoms with Crippen LogP contribution in [0.1, 0.15) is 0 Å². The minimum atomic E-state index is -0.367. The van der Waals surface area contributed by atoms with Crippen molar-refractivity contribution in [2.75, 3.05) is 0 Å². The summed E-state index contributed by atoms with van der Waals surface area (Å²) in [7, 11) is 0. The average Bonchev–Trinajstić information content (AvgIpc) is 1.97. The highest BCUT2D eigenvalue weighted by atomic mass is 35.5. The molecule has 1 aromatic carbocycles. The van der Waals surface area contributed by atoms with E-state index in [1.807, 2.05) is 0 Å². The van der Waals surface area contributed by atoms with E-state index >= 15 is 0 Å². The van der Waals surface area contributed by atoms with Crippen LogP contribution in [0.5, 0.6) is 0 Å². The SMILES string of the molecule is Fc1ccccc1Cl.O[B]O. The van der Waals surface area contributed by atoms with Crippen molar-refractivity contribution in [2.45, 2.75) is 0 Å². The molecule has 59 valence electrons. The molecule has 0 heterocycles. The molecule has 0 aliphatic rings. The van der Waals surface area contributed by atoms with E-state index < -0.39 is 0 Å². The first-order valence-corrected chi connectivity index (χ1v) is 3.10. The summed E-state index contributed by atoms with van der Waals surface area (Å²) in [5, 5.41) is 14.2. The van der Waals surface area contributed by atoms with Crippen LogP contribution in [-0.2, 0) is 0 Å². The van der Waals surface area contributed by atoms with Crippen LogP contribution in [0.15, 0.2) is 24.3 Å². The van der Waals surface area contributed by atoms with Crippen molar-refractivity contribution in [2.24, 2.45) is 0 Å². The predicted octanol–water partition coefficient (Wildman–Crippen LogP) is 0.984. The molecule has 0 saturated heterocycles. The van der Waals surface area contributed by atoms with Gasteiger partial charge in [-0.1, -0.05) is 23.7 Å². The summed E-state index contributed by atoms with van der Waals surface area (Å²) >= 11 is 5.33. The highest BCUT2D eigenvalue weighted by molar-refractivity contribution is 6.30. The highest BCUT2D eigenvalue weighted by Crippen LogP contribution is 2.11. The largest absolute Gasteiger partial charge is 0.482 e. The third-order valence-corrected chi connectivity index (χ3v) is 1.13. The lowest BCUT2D eigenvalue weighted by molar-refractivity contribution is 0.448. The van der Waals surface area contributed by atoms with Crippen LogP contribution in [-0.4, -0.2) is 17.7 Å². The van der Waals surface area contributed by atoms with Gasteiger partial charge in [0, 0.05) is 0 Å². The quantitative estimate of drug-likeness (QED) is 0.577. The predicted molar refractivity (Wildman–Crippen MR) is 41.6 cm³/mol. The molecular weight excluding hydrogens is 169 g/mol. The van der Waals surface area contributed by atoms with Crippen molar-refractivity contribution in [1.82, 2.24) is 0 Å². The zero-order valence-corrected chi connectivity index (χ0v) is 6.29. The fourth-order valence-corrected chi connectivity index (χ4v) is 0.575. The minimum Gasteiger partial charge on any atom is -0.429 e. The molecule has 0 bridgehead atoms. The topological polar surface area (TPSA) is 40.5 Å². The Morgan fingerprint density at radius 2 is 1.73 bits per heavy atom. The van der Waals surface area contributed by atoms with Gasteiger partial charge in [0.2, 0.25) is 0 Å². The molecule has 1 aromatic rings. The molecule has 2 N–H and O–H groups in total. The monoisotopic (exact) mass is 175 g/mol. The lowest BCUT2D eigenvalue weighted by Crippen LogP contribution is -1.75. The Labute approximate surface area is 69.6 Å². The van der Waals surface area contributed by atoms with E-state index in [-0.39, 0.29) is 18.5 Å². The summed E-state index contributed by atoms with van der Waals surface area (Å²) in [6.07, 6.45) is 0. The number of hydrogen-bond acceptors (Lipinski definition) is 2. The standard InChI is InChI=1S/C6H4ClF.BH2O2/c7-5-3-1-2-4-6(5)8;2-1-3/h1-4H;2-3H. The van der Waals surface area contributed by atoms with Gasteiger partial charge in [0.1, 0.15) is 5.82 Å². The van der Waals surface area contributed by atoms with Crippen molar-refractivity contribution in [1.29, 1.82) is 0 Å². The molecule has 11 heavy (non-hydrogen) atoms. The Morgan fingerprint density at radius 3 is 2.00 bits per heavy atom. The van der Waals surface area contributed by atoms with Gasteiger partial charge in [-0.2, -0.15) is 0 Å². The fourth-order valence-electron chi connectivity index (χ4n) is 0.439. The van der Waals surface area contributed by atoms with E-state index in [4.69, 9.17) is 21.6 Å². The number of hydrogen-bond donors (Lipinski definition) is 2. The normalized spacial score (nSPS) is 8.00. The van der Waals surface area contributed by atoms with Gasteiger partial charge in [0.25, 0.3) is 0 Å². The summed E-state index contributed by atoms with van der Waals surface area (Å²) in [5.74, 6) is -0.367. The van der Waals surface area contributed by atoms with Crippen LogP contribution in [0.3, 0.4) is 0 Å². The maximum Gasteiger partial charge on any atom is 0.482 e. The number of benzene rings is 1. The lowest BCUT2D eigenvalue weighted by Gasteiger charge is -1.86. The molecule has 1 rings (SSSR count). The van der Waals surface area contributed by atoms with Crippen LogP contribution in [0.25, 0.3) is 0 Å². The molecule has 0 amide bonds. The molecule has 1 radical (unpaired) electrons. The second-order valence-electron chi connectivity index (χ2n) is 1.53. The number of rotatable bonds is 0. The maximum absolute atomic E-state index is 12.2. The minimum absolute atomic E-state index is 0. The third-order valence-electron chi connectivity index (χ3n) is 0.824. The summed E-state index contributed by atoms with van der Waals surface area (Å²) < 4.78 is 12.2. The van der Waals surface area contributed by atoms with Crippen molar-refractivity contribution in [3.8, 4) is 0 Å².